The van der Waals surface area contributed by atoms with Crippen LogP contribution in [0.4, 0.5) is 0 Å². The highest BCUT2D eigenvalue weighted by Crippen LogP contribution is 2.24. The lowest BCUT2D eigenvalue weighted by molar-refractivity contribution is -0.132. The van der Waals surface area contributed by atoms with Gasteiger partial charge in [-0.25, -0.2) is 0 Å². The second-order valence-electron chi connectivity index (χ2n) is 9.76. The maximum atomic E-state index is 13.7. The second-order valence-corrected chi connectivity index (χ2v) is 11.0. The van der Waals surface area contributed by atoms with Crippen molar-refractivity contribution in [1.82, 2.24) is 14.8 Å². The highest BCUT2D eigenvalue weighted by Gasteiger charge is 2.24. The molecule has 0 spiro atoms. The van der Waals surface area contributed by atoms with Gasteiger partial charge in [0.05, 0.1) is 10.0 Å². The van der Waals surface area contributed by atoms with E-state index in [9.17, 15) is 9.59 Å². The number of hydrogen-bond donors (Lipinski definition) is 1. The van der Waals surface area contributed by atoms with E-state index in [4.69, 9.17) is 34.8 Å². The minimum Gasteiger partial charge on any atom is -0.361 e. The van der Waals surface area contributed by atoms with Gasteiger partial charge < -0.3 is 14.8 Å². The summed E-state index contributed by atoms with van der Waals surface area (Å²) in [5.74, 6) is -0.150. The summed E-state index contributed by atoms with van der Waals surface area (Å²) in [6.07, 6.45) is 2.65. The number of rotatable bonds is 10. The van der Waals surface area contributed by atoms with E-state index < -0.39 is 0 Å². The highest BCUT2D eigenvalue weighted by molar-refractivity contribution is 6.42. The first-order valence-electron chi connectivity index (χ1n) is 12.5. The number of nitrogens with one attached hydrogen (secondary N) is 1. The van der Waals surface area contributed by atoms with E-state index in [1.807, 2.05) is 44.3 Å². The number of halogens is 3. The minimum absolute atomic E-state index is 0.0329. The van der Waals surface area contributed by atoms with Gasteiger partial charge in [0.15, 0.2) is 0 Å². The van der Waals surface area contributed by atoms with Crippen LogP contribution in [0.2, 0.25) is 15.1 Å². The van der Waals surface area contributed by atoms with E-state index in [-0.39, 0.29) is 24.3 Å². The van der Waals surface area contributed by atoms with Crippen LogP contribution in [0.5, 0.6) is 0 Å². The number of fused-ring (bicyclic) bond motifs is 1. The van der Waals surface area contributed by atoms with Crippen LogP contribution in [0, 0.1) is 5.92 Å². The molecule has 0 aliphatic carbocycles. The largest absolute Gasteiger partial charge is 0.361 e. The Balaban J connectivity index is 1.57. The Kier molecular flexibility index (Phi) is 9.37. The SMILES string of the molecule is CC(C)CN(CC(=O)N(CCc1c[nH]c2ccccc12)Cc1ccc(Cl)c(Cl)c1)C(=O)c1ccc(Cl)cc1. The molecule has 8 heteroatoms. The molecule has 2 amide bonds. The Morgan fingerprint density at radius 3 is 2.34 bits per heavy atom. The highest BCUT2D eigenvalue weighted by atomic mass is 35.5. The van der Waals surface area contributed by atoms with Gasteiger partial charge in [0.2, 0.25) is 5.91 Å². The maximum Gasteiger partial charge on any atom is 0.254 e. The lowest BCUT2D eigenvalue weighted by Gasteiger charge is -2.29. The van der Waals surface area contributed by atoms with E-state index in [1.54, 1.807) is 46.2 Å². The summed E-state index contributed by atoms with van der Waals surface area (Å²) < 4.78 is 0. The molecule has 4 aromatic rings. The summed E-state index contributed by atoms with van der Waals surface area (Å²) >= 11 is 18.4. The average Bonchev–Trinajstić information content (AvgIpc) is 3.31. The molecular weight excluding hydrogens is 541 g/mol. The number of hydrogen-bond acceptors (Lipinski definition) is 2. The predicted octanol–water partition coefficient (Wildman–Crippen LogP) is 7.50. The molecule has 1 heterocycles. The fraction of sp³-hybridized carbons (Fsp3) is 0.267. The van der Waals surface area contributed by atoms with Crippen LogP contribution in [0.25, 0.3) is 10.9 Å². The molecule has 38 heavy (non-hydrogen) atoms. The zero-order valence-electron chi connectivity index (χ0n) is 21.4. The van der Waals surface area contributed by atoms with Gasteiger partial charge in [0, 0.05) is 47.3 Å². The standard InChI is InChI=1S/C30H30Cl3N3O2/c1-20(2)17-36(30(38)22-8-10-24(31)11-9-22)19-29(37)35(18-21-7-12-26(32)27(33)15-21)14-13-23-16-34-28-6-4-3-5-25(23)28/h3-12,15-16,20,34H,13-14,17-19H2,1-2H3. The van der Waals surface area contributed by atoms with Crippen LogP contribution in [0.1, 0.15) is 35.3 Å². The summed E-state index contributed by atoms with van der Waals surface area (Å²) in [4.78, 5) is 33.8. The molecular formula is C30H30Cl3N3O2. The van der Waals surface area contributed by atoms with Crippen LogP contribution >= 0.6 is 34.8 Å². The van der Waals surface area contributed by atoms with Gasteiger partial charge in [-0.15, -0.1) is 0 Å². The van der Waals surface area contributed by atoms with Crippen LogP contribution in [-0.4, -0.2) is 46.2 Å². The monoisotopic (exact) mass is 569 g/mol. The first kappa shape index (κ1) is 28.0. The van der Waals surface area contributed by atoms with Crippen molar-refractivity contribution in [3.63, 3.8) is 0 Å². The maximum absolute atomic E-state index is 13.7. The number of H-pyrrole nitrogens is 1. The molecule has 4 rings (SSSR count). The normalized spacial score (nSPS) is 11.2. The molecule has 5 nitrogen and oxygen atoms in total. The molecule has 1 aromatic heterocycles. The van der Waals surface area contributed by atoms with Crippen LogP contribution in [0.15, 0.2) is 72.9 Å². The molecule has 0 unspecified atom stereocenters. The van der Waals surface area contributed by atoms with Crippen molar-refractivity contribution in [1.29, 1.82) is 0 Å². The zero-order chi connectivity index (χ0) is 27.2. The average molecular weight is 571 g/mol. The minimum atomic E-state index is -0.199. The van der Waals surface area contributed by atoms with E-state index in [1.165, 1.54) is 0 Å². The van der Waals surface area contributed by atoms with Crippen molar-refractivity contribution in [2.24, 2.45) is 5.92 Å². The smallest absolute Gasteiger partial charge is 0.254 e. The number of aromatic nitrogens is 1. The lowest BCUT2D eigenvalue weighted by atomic mass is 10.1. The fourth-order valence-corrected chi connectivity index (χ4v) is 4.89. The Hall–Kier alpha value is -2.99. The molecule has 0 radical (unpaired) electrons. The molecule has 0 aliphatic heterocycles. The Labute approximate surface area is 238 Å². The molecule has 0 saturated carbocycles. The molecule has 0 saturated heterocycles. The third-order valence-corrected chi connectivity index (χ3v) is 7.32. The number of carbonyl (C=O) groups excluding carboxylic acids is 2. The van der Waals surface area contributed by atoms with Crippen molar-refractivity contribution in [2.45, 2.75) is 26.8 Å². The Morgan fingerprint density at radius 2 is 1.63 bits per heavy atom. The number of nitrogens with zero attached hydrogens (tertiary/aromatic N) is 2. The topological polar surface area (TPSA) is 56.4 Å². The van der Waals surface area contributed by atoms with Crippen molar-refractivity contribution >= 4 is 57.5 Å². The third kappa shape index (κ3) is 7.10. The van der Waals surface area contributed by atoms with Gasteiger partial charge in [-0.2, -0.15) is 0 Å². The number of amides is 2. The summed E-state index contributed by atoms with van der Waals surface area (Å²) in [5, 5.41) is 2.59. The Bertz CT molecular complexity index is 1420. The number of carbonyl (C=O) groups is 2. The predicted molar refractivity (Wildman–Crippen MR) is 156 cm³/mol. The first-order valence-corrected chi connectivity index (χ1v) is 13.7. The molecule has 1 N–H and O–H groups in total. The molecule has 0 fully saturated rings. The summed E-state index contributed by atoms with van der Waals surface area (Å²) in [7, 11) is 0. The number of benzene rings is 3. The molecule has 0 aliphatic rings. The van der Waals surface area contributed by atoms with Crippen LogP contribution < -0.4 is 0 Å². The van der Waals surface area contributed by atoms with Gasteiger partial charge in [-0.3, -0.25) is 9.59 Å². The lowest BCUT2D eigenvalue weighted by Crippen LogP contribution is -2.44. The van der Waals surface area contributed by atoms with Crippen LogP contribution in [0.3, 0.4) is 0 Å². The molecule has 0 atom stereocenters. The van der Waals surface area contributed by atoms with Crippen molar-refractivity contribution in [3.05, 3.63) is 105 Å². The molecule has 0 bridgehead atoms. The van der Waals surface area contributed by atoms with Gasteiger partial charge in [-0.1, -0.05) is 72.9 Å². The number of aromatic amines is 1. The quantitative estimate of drug-likeness (QED) is 0.215. The second kappa shape index (κ2) is 12.7. The third-order valence-electron chi connectivity index (χ3n) is 6.33. The van der Waals surface area contributed by atoms with Gasteiger partial charge >= 0.3 is 0 Å². The summed E-state index contributed by atoms with van der Waals surface area (Å²) in [5.41, 5.74) is 3.55. The summed E-state index contributed by atoms with van der Waals surface area (Å²) in [6, 6.07) is 20.2. The Morgan fingerprint density at radius 1 is 0.895 bits per heavy atom. The van der Waals surface area contributed by atoms with Gasteiger partial charge in [-0.05, 0) is 65.9 Å². The molecule has 198 valence electrons. The van der Waals surface area contributed by atoms with Gasteiger partial charge in [0.25, 0.3) is 5.91 Å². The molecule has 3 aromatic carbocycles. The number of para-hydroxylation sites is 1. The van der Waals surface area contributed by atoms with E-state index >= 15 is 0 Å². The fourth-order valence-electron chi connectivity index (χ4n) is 4.44. The van der Waals surface area contributed by atoms with E-state index in [0.29, 0.717) is 46.7 Å². The van der Waals surface area contributed by atoms with Crippen molar-refractivity contribution in [3.8, 4) is 0 Å². The van der Waals surface area contributed by atoms with Crippen LogP contribution in [-0.2, 0) is 17.8 Å². The summed E-state index contributed by atoms with van der Waals surface area (Å²) in [6.45, 7) is 5.30. The van der Waals surface area contributed by atoms with Crippen molar-refractivity contribution < 1.29 is 9.59 Å². The first-order chi connectivity index (χ1) is 18.2. The zero-order valence-corrected chi connectivity index (χ0v) is 23.7. The van der Waals surface area contributed by atoms with Crippen molar-refractivity contribution in [2.75, 3.05) is 19.6 Å². The van der Waals surface area contributed by atoms with E-state index in [0.717, 1.165) is 22.0 Å². The van der Waals surface area contributed by atoms with Gasteiger partial charge in [0.1, 0.15) is 6.54 Å². The van der Waals surface area contributed by atoms with E-state index in [2.05, 4.69) is 11.1 Å².